The molecule has 9 rings (SSSR count). The first-order chi connectivity index (χ1) is 31.9. The van der Waals surface area contributed by atoms with Crippen LogP contribution in [0.2, 0.25) is 0 Å². The first-order valence-electron chi connectivity index (χ1n) is 24.3. The molecule has 0 N–H and O–H groups in total. The molecule has 4 aromatic carbocycles. The molecule has 1 atom stereocenters. The molecule has 6 aromatic rings. The molecule has 2 aromatic heterocycles. The number of nitrogens with zero attached hydrogens (tertiary/aromatic N) is 5. The third-order valence-electron chi connectivity index (χ3n) is 14.8. The second-order valence-electron chi connectivity index (χ2n) is 19.8. The van der Waals surface area contributed by atoms with Crippen molar-refractivity contribution < 1.29 is 23.5 Å². The lowest BCUT2D eigenvalue weighted by Crippen LogP contribution is -2.49. The Hall–Kier alpha value is -5.36. The summed E-state index contributed by atoms with van der Waals surface area (Å²) in [4.78, 5) is 10.1. The quantitative estimate of drug-likeness (QED) is 0.0882. The van der Waals surface area contributed by atoms with Crippen molar-refractivity contribution in [1.82, 2.24) is 19.7 Å². The fourth-order valence-electron chi connectivity index (χ4n) is 10.0. The van der Waals surface area contributed by atoms with Crippen LogP contribution in [0.15, 0.2) is 109 Å². The molecule has 10 nitrogen and oxygen atoms in total. The molecule has 1 aliphatic carbocycles. The predicted octanol–water partition coefficient (Wildman–Crippen LogP) is 10.7. The zero-order valence-corrected chi connectivity index (χ0v) is 40.2. The molecule has 0 spiro atoms. The van der Waals surface area contributed by atoms with E-state index < -0.39 is 0 Å². The van der Waals surface area contributed by atoms with Gasteiger partial charge in [0.05, 0.1) is 34.1 Å². The number of aromatic nitrogens is 3. The number of hydrogen-bond acceptors (Lipinski definition) is 9. The lowest BCUT2D eigenvalue weighted by molar-refractivity contribution is 0.00578. The van der Waals surface area contributed by atoms with Gasteiger partial charge in [0.1, 0.15) is 24.7 Å². The van der Waals surface area contributed by atoms with Gasteiger partial charge >= 0.3 is 7.12 Å². The Morgan fingerprint density at radius 1 is 0.742 bits per heavy atom. The second kappa shape index (κ2) is 19.9. The molecule has 0 bridgehead atoms. The number of fused-ring (bicyclic) bond motifs is 1. The van der Waals surface area contributed by atoms with Crippen molar-refractivity contribution in [3.05, 3.63) is 126 Å². The van der Waals surface area contributed by atoms with Crippen LogP contribution >= 0.6 is 0 Å². The van der Waals surface area contributed by atoms with Crippen LogP contribution < -0.4 is 24.6 Å². The van der Waals surface area contributed by atoms with Crippen molar-refractivity contribution in [1.29, 1.82) is 0 Å². The molecule has 11 heteroatoms. The van der Waals surface area contributed by atoms with E-state index in [0.29, 0.717) is 31.0 Å². The zero-order chi connectivity index (χ0) is 45.8. The van der Waals surface area contributed by atoms with Gasteiger partial charge in [-0.15, -0.1) is 0 Å². The standard InChI is InChI=1S/C55H68BN5O5/c1-39(17-14-22-41-27-29-44(30-28-41)64-49-26-16-24-47(40(49)2)56-65-54(3,4)55(5,6)66-56)60-33-35-61(36-34-60)48-25-15-23-45-51(58-59(7)52(45)48)46-31-32-50(62-37-42-18-10-8-11-19-42)57-53(46)63-38-43-20-12-9-13-21-43/h8-13,15-16,18-21,23-26,31-32,39,41,44H,14,17,22,27-30,33-38H2,1-7H3/t39-,41-,44-/m1/s1. The molecule has 3 aliphatic rings. The minimum Gasteiger partial charge on any atom is -0.490 e. The number of piperazine rings is 1. The largest absolute Gasteiger partial charge is 0.495 e. The molecule has 346 valence electrons. The number of rotatable bonds is 16. The zero-order valence-electron chi connectivity index (χ0n) is 40.2. The van der Waals surface area contributed by atoms with Crippen LogP contribution in [0.5, 0.6) is 17.5 Å². The van der Waals surface area contributed by atoms with E-state index in [2.05, 4.69) is 112 Å². The first-order valence-corrected chi connectivity index (χ1v) is 24.3. The van der Waals surface area contributed by atoms with Crippen molar-refractivity contribution >= 4 is 29.2 Å². The summed E-state index contributed by atoms with van der Waals surface area (Å²) >= 11 is 0. The lowest BCUT2D eigenvalue weighted by Gasteiger charge is -2.39. The summed E-state index contributed by atoms with van der Waals surface area (Å²) in [6, 6.07) is 37.7. The van der Waals surface area contributed by atoms with Crippen molar-refractivity contribution in [3.8, 4) is 28.8 Å². The van der Waals surface area contributed by atoms with Crippen LogP contribution in [0.4, 0.5) is 5.69 Å². The van der Waals surface area contributed by atoms with Crippen molar-refractivity contribution in [2.75, 3.05) is 31.1 Å². The van der Waals surface area contributed by atoms with Crippen LogP contribution in [-0.2, 0) is 29.6 Å². The van der Waals surface area contributed by atoms with Crippen LogP contribution in [0.25, 0.3) is 22.2 Å². The molecule has 3 fully saturated rings. The molecule has 4 heterocycles. The van der Waals surface area contributed by atoms with E-state index in [-0.39, 0.29) is 24.4 Å². The highest BCUT2D eigenvalue weighted by Crippen LogP contribution is 2.40. The van der Waals surface area contributed by atoms with Gasteiger partial charge in [0.25, 0.3) is 0 Å². The molecule has 1 saturated carbocycles. The van der Waals surface area contributed by atoms with Crippen molar-refractivity contribution in [3.63, 3.8) is 0 Å². The molecule has 0 amide bonds. The van der Waals surface area contributed by atoms with Crippen molar-refractivity contribution in [2.24, 2.45) is 13.0 Å². The highest BCUT2D eigenvalue weighted by atomic mass is 16.7. The first kappa shape index (κ1) is 45.8. The molecule has 0 unspecified atom stereocenters. The van der Waals surface area contributed by atoms with Gasteiger partial charge in [-0.3, -0.25) is 9.58 Å². The average molecular weight is 890 g/mol. The molecule has 0 radical (unpaired) electrons. The van der Waals surface area contributed by atoms with E-state index in [9.17, 15) is 0 Å². The third-order valence-corrected chi connectivity index (χ3v) is 14.8. The number of para-hydroxylation sites is 1. The number of aryl methyl sites for hydroxylation is 1. The van der Waals surface area contributed by atoms with E-state index in [1.54, 1.807) is 0 Å². The van der Waals surface area contributed by atoms with Gasteiger partial charge in [-0.25, -0.2) is 0 Å². The Labute approximate surface area is 392 Å². The molecular weight excluding hydrogens is 821 g/mol. The van der Waals surface area contributed by atoms with Gasteiger partial charge < -0.3 is 28.4 Å². The summed E-state index contributed by atoms with van der Waals surface area (Å²) in [5, 5.41) is 6.21. The number of anilines is 1. The van der Waals surface area contributed by atoms with Gasteiger partial charge in [-0.1, -0.05) is 97.8 Å². The Morgan fingerprint density at radius 2 is 1.39 bits per heavy atom. The maximum Gasteiger partial charge on any atom is 0.495 e. The molecule has 2 aliphatic heterocycles. The van der Waals surface area contributed by atoms with Gasteiger partial charge in [0.15, 0.2) is 0 Å². The third kappa shape index (κ3) is 10.1. The fraction of sp³-hybridized carbons (Fsp3) is 0.455. The number of ether oxygens (including phenoxy) is 3. The van der Waals surface area contributed by atoms with E-state index in [4.69, 9.17) is 33.6 Å². The minimum atomic E-state index is -0.377. The van der Waals surface area contributed by atoms with Crippen LogP contribution in [0.3, 0.4) is 0 Å². The highest BCUT2D eigenvalue weighted by Gasteiger charge is 2.52. The summed E-state index contributed by atoms with van der Waals surface area (Å²) in [5.41, 5.74) is 7.64. The van der Waals surface area contributed by atoms with Gasteiger partial charge in [-0.2, -0.15) is 10.1 Å². The maximum atomic E-state index is 6.67. The topological polar surface area (TPSA) is 83.3 Å². The van der Waals surface area contributed by atoms with Gasteiger partial charge in [-0.05, 0) is 120 Å². The van der Waals surface area contributed by atoms with E-state index in [1.807, 2.05) is 60.3 Å². The Bertz CT molecular complexity index is 2530. The Kier molecular flexibility index (Phi) is 13.8. The summed E-state index contributed by atoms with van der Waals surface area (Å²) in [6.45, 7) is 17.9. The monoisotopic (exact) mass is 890 g/mol. The summed E-state index contributed by atoms with van der Waals surface area (Å²) in [6.07, 6.45) is 8.78. The van der Waals surface area contributed by atoms with E-state index >= 15 is 0 Å². The Morgan fingerprint density at radius 3 is 2.08 bits per heavy atom. The summed E-state index contributed by atoms with van der Waals surface area (Å²) < 4.78 is 34.1. The van der Waals surface area contributed by atoms with E-state index in [1.165, 1.54) is 37.8 Å². The predicted molar refractivity (Wildman–Crippen MR) is 266 cm³/mol. The minimum absolute atomic E-state index is 0.262. The fourth-order valence-corrected chi connectivity index (χ4v) is 10.0. The van der Waals surface area contributed by atoms with E-state index in [0.717, 1.165) is 95.0 Å². The SMILES string of the molecule is Cc1c(O[C@H]2CC[C@H](CCC[C@@H](C)N3CCN(c4cccc5c(-c6ccc(OCc7ccccc7)nc6OCc6ccccc6)nn(C)c45)CC3)CC2)cccc1B1OC(C)(C)C(C)(C)O1. The smallest absolute Gasteiger partial charge is 0.490 e. The van der Waals surface area contributed by atoms with Gasteiger partial charge in [0, 0.05) is 50.7 Å². The lowest BCUT2D eigenvalue weighted by atomic mass is 9.76. The van der Waals surface area contributed by atoms with Crippen molar-refractivity contribution in [2.45, 2.75) is 123 Å². The van der Waals surface area contributed by atoms with Crippen LogP contribution in [-0.4, -0.2) is 76.3 Å². The van der Waals surface area contributed by atoms with Crippen LogP contribution in [0, 0.1) is 12.8 Å². The number of hydrogen-bond donors (Lipinski definition) is 0. The van der Waals surface area contributed by atoms with Crippen LogP contribution in [0.1, 0.15) is 96.3 Å². The Balaban J connectivity index is 0.776. The second-order valence-corrected chi connectivity index (χ2v) is 19.8. The number of pyridine rings is 1. The highest BCUT2D eigenvalue weighted by molar-refractivity contribution is 6.62. The molecule has 66 heavy (non-hydrogen) atoms. The average Bonchev–Trinajstić information content (AvgIpc) is 3.78. The summed E-state index contributed by atoms with van der Waals surface area (Å²) in [7, 11) is 1.67. The maximum absolute atomic E-state index is 6.67. The summed E-state index contributed by atoms with van der Waals surface area (Å²) in [5.74, 6) is 2.76. The molecule has 2 saturated heterocycles. The number of benzene rings is 4. The van der Waals surface area contributed by atoms with Gasteiger partial charge in [0.2, 0.25) is 11.8 Å². The molecular formula is C55H68BN5O5. The normalized spacial score (nSPS) is 20.1.